The van der Waals surface area contributed by atoms with E-state index in [0.717, 1.165) is 22.3 Å². The number of methoxy groups -OCH3 is 1. The van der Waals surface area contributed by atoms with Gasteiger partial charge in [0.05, 0.1) is 35.3 Å². The molecule has 7 heteroatoms. The van der Waals surface area contributed by atoms with E-state index in [1.165, 1.54) is 6.92 Å². The van der Waals surface area contributed by atoms with E-state index in [4.69, 9.17) is 4.74 Å². The summed E-state index contributed by atoms with van der Waals surface area (Å²) in [5, 5.41) is 3.95. The van der Waals surface area contributed by atoms with Crippen molar-refractivity contribution in [3.63, 3.8) is 0 Å². The third-order valence-corrected chi connectivity index (χ3v) is 3.94. The lowest BCUT2D eigenvalue weighted by Gasteiger charge is -2.11. The molecule has 3 aromatic rings. The van der Waals surface area contributed by atoms with E-state index in [0.29, 0.717) is 28.8 Å². The first-order chi connectivity index (χ1) is 11.9. The van der Waals surface area contributed by atoms with Gasteiger partial charge < -0.3 is 4.74 Å². The van der Waals surface area contributed by atoms with Crippen LogP contribution in [-0.4, -0.2) is 32.8 Å². The molecule has 0 spiro atoms. The van der Waals surface area contributed by atoms with Gasteiger partial charge in [0.2, 0.25) is 11.9 Å². The number of rotatable bonds is 4. The number of aryl methyl sites for hydroxylation is 3. The van der Waals surface area contributed by atoms with Crippen molar-refractivity contribution in [3.8, 4) is 5.75 Å². The number of benzene rings is 1. The molecule has 25 heavy (non-hydrogen) atoms. The molecule has 1 N–H and O–H groups in total. The molecule has 128 valence electrons. The Kier molecular flexibility index (Phi) is 4.31. The highest BCUT2D eigenvalue weighted by Crippen LogP contribution is 2.23. The van der Waals surface area contributed by atoms with Gasteiger partial charge in [0.25, 0.3) is 0 Å². The molecule has 0 fully saturated rings. The van der Waals surface area contributed by atoms with E-state index >= 15 is 0 Å². The van der Waals surface area contributed by atoms with Gasteiger partial charge in [-0.25, -0.2) is 19.9 Å². The zero-order valence-corrected chi connectivity index (χ0v) is 14.8. The first kappa shape index (κ1) is 16.8. The lowest BCUT2D eigenvalue weighted by atomic mass is 10.1. The summed E-state index contributed by atoms with van der Waals surface area (Å²) >= 11 is 0. The summed E-state index contributed by atoms with van der Waals surface area (Å²) in [6, 6.07) is 5.64. The maximum atomic E-state index is 11.7. The predicted molar refractivity (Wildman–Crippen MR) is 95.6 cm³/mol. The highest BCUT2D eigenvalue weighted by Gasteiger charge is 2.13. The molecule has 0 bridgehead atoms. The number of hydrogen-bond donors (Lipinski definition) is 1. The minimum Gasteiger partial charge on any atom is -0.497 e. The second-order valence-corrected chi connectivity index (χ2v) is 5.79. The standard InChI is InChI=1S/C18H19N5O2/c1-9-14-8-13(25-5)6-7-15(14)22-18(19-9)23-17-20-10(2)16(12(4)24)11(3)21-17/h6-8H,1-5H3,(H,19,20,21,22,23). The van der Waals surface area contributed by atoms with Gasteiger partial charge in [-0.3, -0.25) is 10.1 Å². The molecule has 0 aliphatic carbocycles. The molecule has 0 atom stereocenters. The number of ether oxygens (including phenoxy) is 1. The van der Waals surface area contributed by atoms with Crippen molar-refractivity contribution >= 4 is 28.6 Å². The molecule has 1 aromatic carbocycles. The number of carbonyl (C=O) groups is 1. The van der Waals surface area contributed by atoms with Gasteiger partial charge in [-0.15, -0.1) is 0 Å². The van der Waals surface area contributed by atoms with Gasteiger partial charge in [0, 0.05) is 5.39 Å². The third-order valence-electron chi connectivity index (χ3n) is 3.94. The topological polar surface area (TPSA) is 89.9 Å². The Morgan fingerprint density at radius 2 is 1.56 bits per heavy atom. The van der Waals surface area contributed by atoms with E-state index in [1.807, 2.05) is 25.1 Å². The SMILES string of the molecule is COc1ccc2nc(Nc3nc(C)c(C(C)=O)c(C)n3)nc(C)c2c1. The molecular formula is C18H19N5O2. The van der Waals surface area contributed by atoms with Gasteiger partial charge in [-0.1, -0.05) is 0 Å². The summed E-state index contributed by atoms with van der Waals surface area (Å²) in [7, 11) is 1.62. The van der Waals surface area contributed by atoms with Crippen LogP contribution in [0.3, 0.4) is 0 Å². The number of aromatic nitrogens is 4. The van der Waals surface area contributed by atoms with Gasteiger partial charge in [-0.2, -0.15) is 0 Å². The first-order valence-electron chi connectivity index (χ1n) is 7.84. The molecule has 3 rings (SSSR count). The van der Waals surface area contributed by atoms with Crippen LogP contribution in [0.1, 0.15) is 34.4 Å². The number of anilines is 2. The maximum Gasteiger partial charge on any atom is 0.230 e. The summed E-state index contributed by atoms with van der Waals surface area (Å²) in [6.07, 6.45) is 0. The quantitative estimate of drug-likeness (QED) is 0.730. The number of nitrogens with one attached hydrogen (secondary N) is 1. The van der Waals surface area contributed by atoms with Gasteiger partial charge >= 0.3 is 0 Å². The van der Waals surface area contributed by atoms with Crippen molar-refractivity contribution < 1.29 is 9.53 Å². The first-order valence-corrected chi connectivity index (χ1v) is 7.84. The Bertz CT molecular complexity index is 962. The van der Waals surface area contributed by atoms with Gasteiger partial charge in [0.1, 0.15) is 5.75 Å². The van der Waals surface area contributed by atoms with Crippen LogP contribution in [0.5, 0.6) is 5.75 Å². The highest BCUT2D eigenvalue weighted by molar-refractivity contribution is 5.96. The minimum absolute atomic E-state index is 0.0479. The number of nitrogens with zero attached hydrogens (tertiary/aromatic N) is 4. The van der Waals surface area contributed by atoms with Crippen molar-refractivity contribution in [1.82, 2.24) is 19.9 Å². The van der Waals surface area contributed by atoms with Crippen molar-refractivity contribution in [2.24, 2.45) is 0 Å². The molecule has 0 radical (unpaired) electrons. The molecule has 0 saturated carbocycles. The van der Waals surface area contributed by atoms with Crippen LogP contribution in [0.25, 0.3) is 10.9 Å². The fourth-order valence-corrected chi connectivity index (χ4v) is 2.83. The predicted octanol–water partition coefficient (Wildman–Crippen LogP) is 3.30. The van der Waals surface area contributed by atoms with Crippen LogP contribution in [0.4, 0.5) is 11.9 Å². The Hall–Kier alpha value is -3.09. The largest absolute Gasteiger partial charge is 0.497 e. The highest BCUT2D eigenvalue weighted by atomic mass is 16.5. The van der Waals surface area contributed by atoms with Crippen LogP contribution in [-0.2, 0) is 0 Å². The van der Waals surface area contributed by atoms with E-state index in [2.05, 4.69) is 25.3 Å². The van der Waals surface area contributed by atoms with E-state index < -0.39 is 0 Å². The number of Topliss-reactive ketones (excluding diaryl/α,β-unsaturated/α-hetero) is 1. The Morgan fingerprint density at radius 1 is 0.960 bits per heavy atom. The van der Waals surface area contributed by atoms with E-state index in [1.54, 1.807) is 21.0 Å². The van der Waals surface area contributed by atoms with Crippen molar-refractivity contribution in [1.29, 1.82) is 0 Å². The lowest BCUT2D eigenvalue weighted by molar-refractivity contribution is 0.101. The summed E-state index contributed by atoms with van der Waals surface area (Å²) in [6.45, 7) is 6.99. The van der Waals surface area contributed by atoms with Crippen LogP contribution in [0.15, 0.2) is 18.2 Å². The third kappa shape index (κ3) is 3.26. The summed E-state index contributed by atoms with van der Waals surface area (Å²) < 4.78 is 5.24. The minimum atomic E-state index is -0.0479. The number of hydrogen-bond acceptors (Lipinski definition) is 7. The normalized spacial score (nSPS) is 10.8. The molecule has 0 unspecified atom stereocenters. The van der Waals surface area contributed by atoms with Gasteiger partial charge in [0.15, 0.2) is 5.78 Å². The Morgan fingerprint density at radius 3 is 2.16 bits per heavy atom. The molecule has 0 amide bonds. The number of ketones is 1. The monoisotopic (exact) mass is 337 g/mol. The molecule has 2 aromatic heterocycles. The van der Waals surface area contributed by atoms with Crippen LogP contribution < -0.4 is 10.1 Å². The summed E-state index contributed by atoms with van der Waals surface area (Å²) in [5.74, 6) is 1.49. The van der Waals surface area contributed by atoms with Crippen molar-refractivity contribution in [2.45, 2.75) is 27.7 Å². The second kappa shape index (κ2) is 6.43. The Labute approximate surface area is 145 Å². The van der Waals surface area contributed by atoms with Crippen LogP contribution in [0, 0.1) is 20.8 Å². The number of carbonyl (C=O) groups excluding carboxylic acids is 1. The van der Waals surface area contributed by atoms with Crippen molar-refractivity contribution in [2.75, 3.05) is 12.4 Å². The van der Waals surface area contributed by atoms with Crippen LogP contribution >= 0.6 is 0 Å². The van der Waals surface area contributed by atoms with E-state index in [9.17, 15) is 4.79 Å². The fraction of sp³-hybridized carbons (Fsp3) is 0.278. The van der Waals surface area contributed by atoms with Gasteiger partial charge in [-0.05, 0) is 45.9 Å². The Balaban J connectivity index is 2.00. The molecule has 0 aliphatic heterocycles. The van der Waals surface area contributed by atoms with Crippen LogP contribution in [0.2, 0.25) is 0 Å². The summed E-state index contributed by atoms with van der Waals surface area (Å²) in [5.41, 5.74) is 3.42. The van der Waals surface area contributed by atoms with E-state index in [-0.39, 0.29) is 5.78 Å². The van der Waals surface area contributed by atoms with Crippen molar-refractivity contribution in [3.05, 3.63) is 40.8 Å². The lowest BCUT2D eigenvalue weighted by Crippen LogP contribution is -2.09. The average molecular weight is 337 g/mol. The smallest absolute Gasteiger partial charge is 0.230 e. The molecule has 7 nitrogen and oxygen atoms in total. The number of fused-ring (bicyclic) bond motifs is 1. The molecule has 0 aliphatic rings. The molecule has 2 heterocycles. The fourth-order valence-electron chi connectivity index (χ4n) is 2.83. The summed E-state index contributed by atoms with van der Waals surface area (Å²) in [4.78, 5) is 29.3. The second-order valence-electron chi connectivity index (χ2n) is 5.79. The average Bonchev–Trinajstić information content (AvgIpc) is 2.53. The maximum absolute atomic E-state index is 11.7. The molecular weight excluding hydrogens is 318 g/mol. The zero-order chi connectivity index (χ0) is 18.1. The molecule has 0 saturated heterocycles. The zero-order valence-electron chi connectivity index (χ0n) is 14.8.